The molecule has 4 rings (SSSR count). The van der Waals surface area contributed by atoms with Crippen LogP contribution in [0.5, 0.6) is 11.5 Å². The largest absolute Gasteiger partial charge is 0.497 e. The fraction of sp³-hybridized carbons (Fsp3) is 0.136. The summed E-state index contributed by atoms with van der Waals surface area (Å²) in [4.78, 5) is 5.11. The van der Waals surface area contributed by atoms with Gasteiger partial charge in [-0.15, -0.1) is 11.3 Å². The van der Waals surface area contributed by atoms with Crippen LogP contribution in [-0.4, -0.2) is 23.4 Å². The number of methoxy groups -OCH3 is 2. The Balaban J connectivity index is 1.72. The van der Waals surface area contributed by atoms with E-state index < -0.39 is 11.0 Å². The fourth-order valence-corrected chi connectivity index (χ4v) is 5.64. The van der Waals surface area contributed by atoms with Crippen LogP contribution in [0.1, 0.15) is 5.56 Å². The first-order valence-corrected chi connectivity index (χ1v) is 11.9. The molecule has 154 valence electrons. The van der Waals surface area contributed by atoms with Crippen molar-refractivity contribution in [2.24, 2.45) is 0 Å². The number of ether oxygens (including phenoxy) is 2. The van der Waals surface area contributed by atoms with Gasteiger partial charge in [-0.1, -0.05) is 34.1 Å². The van der Waals surface area contributed by atoms with Crippen LogP contribution in [0.2, 0.25) is 0 Å². The molecule has 0 aliphatic rings. The summed E-state index contributed by atoms with van der Waals surface area (Å²) in [6, 6.07) is 17.4. The van der Waals surface area contributed by atoms with Gasteiger partial charge in [-0.2, -0.15) is 0 Å². The summed E-state index contributed by atoms with van der Waals surface area (Å²) in [6.45, 7) is 0.379. The summed E-state index contributed by atoms with van der Waals surface area (Å²) in [6.07, 6.45) is 1.72. The van der Waals surface area contributed by atoms with Crippen LogP contribution in [0.15, 0.2) is 75.5 Å². The topological polar surface area (TPSA) is 51.7 Å². The summed E-state index contributed by atoms with van der Waals surface area (Å²) in [7, 11) is 1.78. The van der Waals surface area contributed by atoms with Crippen LogP contribution in [0, 0.1) is 0 Å². The molecule has 0 spiro atoms. The monoisotopic (exact) mass is 502 g/mol. The van der Waals surface area contributed by atoms with Crippen molar-refractivity contribution >= 4 is 54.2 Å². The summed E-state index contributed by atoms with van der Waals surface area (Å²) >= 11 is 5.02. The minimum absolute atomic E-state index is 0.379. The van der Waals surface area contributed by atoms with Crippen molar-refractivity contribution in [3.63, 3.8) is 0 Å². The number of rotatable bonds is 7. The lowest BCUT2D eigenvalue weighted by molar-refractivity contribution is 0.391. The maximum atomic E-state index is 13.6. The van der Waals surface area contributed by atoms with Gasteiger partial charge >= 0.3 is 0 Å². The summed E-state index contributed by atoms with van der Waals surface area (Å²) < 4.78 is 27.2. The summed E-state index contributed by atoms with van der Waals surface area (Å²) in [5.74, 6) is 1.38. The molecule has 1 heterocycles. The molecule has 5 nitrogen and oxygen atoms in total. The Morgan fingerprint density at radius 2 is 1.97 bits per heavy atom. The van der Waals surface area contributed by atoms with Crippen molar-refractivity contribution in [2.45, 2.75) is 11.4 Å². The minimum Gasteiger partial charge on any atom is -0.497 e. The number of hydrogen-bond donors (Lipinski definition) is 0. The third-order valence-electron chi connectivity index (χ3n) is 4.64. The number of nitrogens with zero attached hydrogens (tertiary/aromatic N) is 2. The van der Waals surface area contributed by atoms with Gasteiger partial charge in [0.2, 0.25) is 0 Å². The minimum atomic E-state index is -1.45. The predicted octanol–water partition coefficient (Wildman–Crippen LogP) is 5.81. The van der Waals surface area contributed by atoms with E-state index in [2.05, 4.69) is 20.9 Å². The number of thiazole rings is 1. The van der Waals surface area contributed by atoms with Crippen LogP contribution < -0.4 is 13.8 Å². The van der Waals surface area contributed by atoms with Gasteiger partial charge in [0, 0.05) is 27.7 Å². The second-order valence-corrected chi connectivity index (χ2v) is 9.54. The normalized spacial score (nSPS) is 12.0. The van der Waals surface area contributed by atoms with Crippen molar-refractivity contribution < 1.29 is 13.7 Å². The molecule has 30 heavy (non-hydrogen) atoms. The van der Waals surface area contributed by atoms with E-state index in [4.69, 9.17) is 9.47 Å². The molecule has 0 radical (unpaired) electrons. The van der Waals surface area contributed by atoms with E-state index in [1.807, 2.05) is 60.0 Å². The first kappa shape index (κ1) is 20.8. The lowest BCUT2D eigenvalue weighted by atomic mass is 10.1. The van der Waals surface area contributed by atoms with Crippen LogP contribution in [0.25, 0.3) is 10.8 Å². The fourth-order valence-electron chi connectivity index (χ4n) is 3.13. The number of anilines is 1. The Kier molecular flexibility index (Phi) is 6.36. The first-order chi connectivity index (χ1) is 14.6. The van der Waals surface area contributed by atoms with Crippen molar-refractivity contribution in [3.05, 3.63) is 76.2 Å². The third-order valence-corrected chi connectivity index (χ3v) is 7.60. The van der Waals surface area contributed by atoms with E-state index >= 15 is 0 Å². The molecule has 0 saturated heterocycles. The zero-order chi connectivity index (χ0) is 21.1. The van der Waals surface area contributed by atoms with Crippen LogP contribution in [0.3, 0.4) is 0 Å². The SMILES string of the molecule is COc1ccc(CN(c2nccs2)S(=O)c2ccc3c(Br)cccc3c2)c(OC)c1. The highest BCUT2D eigenvalue weighted by Gasteiger charge is 2.21. The zero-order valence-corrected chi connectivity index (χ0v) is 19.6. The highest BCUT2D eigenvalue weighted by Crippen LogP contribution is 2.32. The predicted molar refractivity (Wildman–Crippen MR) is 126 cm³/mol. The van der Waals surface area contributed by atoms with Gasteiger partial charge in [0.15, 0.2) is 16.1 Å². The van der Waals surface area contributed by atoms with Crippen LogP contribution >= 0.6 is 27.3 Å². The Morgan fingerprint density at radius 1 is 1.10 bits per heavy atom. The summed E-state index contributed by atoms with van der Waals surface area (Å²) in [5.41, 5.74) is 0.894. The number of fused-ring (bicyclic) bond motifs is 1. The van der Waals surface area contributed by atoms with E-state index in [0.29, 0.717) is 28.1 Å². The Morgan fingerprint density at radius 3 is 2.70 bits per heavy atom. The lowest BCUT2D eigenvalue weighted by Crippen LogP contribution is -2.25. The van der Waals surface area contributed by atoms with Crippen molar-refractivity contribution in [1.29, 1.82) is 0 Å². The average Bonchev–Trinajstić information content (AvgIpc) is 3.31. The van der Waals surface area contributed by atoms with Gasteiger partial charge in [0.25, 0.3) is 0 Å². The molecule has 0 saturated carbocycles. The molecule has 1 atom stereocenters. The molecular weight excluding hydrogens is 484 g/mol. The standard InChI is InChI=1S/C22H19BrN2O3S2/c1-27-17-7-6-16(21(13-17)28-2)14-25(22-24-10-11-29-22)30(26)18-8-9-19-15(12-18)4-3-5-20(19)23/h3-13H,14H2,1-2H3. The maximum Gasteiger partial charge on any atom is 0.197 e. The van der Waals surface area contributed by atoms with Gasteiger partial charge in [0.1, 0.15) is 11.5 Å². The molecule has 1 unspecified atom stereocenters. The Labute approximate surface area is 190 Å². The Bertz CT molecular complexity index is 1200. The zero-order valence-electron chi connectivity index (χ0n) is 16.4. The highest BCUT2D eigenvalue weighted by molar-refractivity contribution is 9.10. The smallest absolute Gasteiger partial charge is 0.197 e. The lowest BCUT2D eigenvalue weighted by Gasteiger charge is -2.22. The average molecular weight is 503 g/mol. The number of aromatic nitrogens is 1. The van der Waals surface area contributed by atoms with Gasteiger partial charge in [-0.05, 0) is 41.1 Å². The van der Waals surface area contributed by atoms with Gasteiger partial charge < -0.3 is 9.47 Å². The molecule has 0 aliphatic heterocycles. The van der Waals surface area contributed by atoms with Gasteiger partial charge in [-0.3, -0.25) is 4.31 Å². The highest BCUT2D eigenvalue weighted by atomic mass is 79.9. The number of halogens is 1. The molecule has 8 heteroatoms. The molecule has 0 N–H and O–H groups in total. The third kappa shape index (κ3) is 4.21. The van der Waals surface area contributed by atoms with Crippen molar-refractivity contribution in [2.75, 3.05) is 18.5 Å². The molecule has 1 aromatic heterocycles. The van der Waals surface area contributed by atoms with E-state index in [0.717, 1.165) is 20.8 Å². The van der Waals surface area contributed by atoms with Crippen LogP contribution in [0.4, 0.5) is 5.13 Å². The van der Waals surface area contributed by atoms with Crippen LogP contribution in [-0.2, 0) is 17.5 Å². The molecule has 4 aromatic rings. The molecule has 3 aromatic carbocycles. The van der Waals surface area contributed by atoms with Crippen molar-refractivity contribution in [3.8, 4) is 11.5 Å². The Hall–Kier alpha value is -2.42. The molecule has 0 amide bonds. The second kappa shape index (κ2) is 9.16. The second-order valence-electron chi connectivity index (χ2n) is 6.40. The summed E-state index contributed by atoms with van der Waals surface area (Å²) in [5, 5.41) is 4.66. The van der Waals surface area contributed by atoms with Gasteiger partial charge in [0.05, 0.1) is 25.7 Å². The molecular formula is C22H19BrN2O3S2. The van der Waals surface area contributed by atoms with E-state index in [1.165, 1.54) is 11.3 Å². The van der Waals surface area contributed by atoms with Crippen molar-refractivity contribution in [1.82, 2.24) is 4.98 Å². The van der Waals surface area contributed by atoms with Gasteiger partial charge in [-0.25, -0.2) is 9.19 Å². The van der Waals surface area contributed by atoms with E-state index in [-0.39, 0.29) is 0 Å². The number of hydrogen-bond acceptors (Lipinski definition) is 5. The van der Waals surface area contributed by atoms with E-state index in [1.54, 1.807) is 24.7 Å². The first-order valence-electron chi connectivity index (χ1n) is 9.09. The number of benzene rings is 3. The molecule has 0 aliphatic carbocycles. The maximum absolute atomic E-state index is 13.6. The molecule has 0 bridgehead atoms. The van der Waals surface area contributed by atoms with E-state index in [9.17, 15) is 4.21 Å². The molecule has 0 fully saturated rings. The quantitative estimate of drug-likeness (QED) is 0.320.